The number of halogens is 4. The highest BCUT2D eigenvalue weighted by atomic mass is 35.5. The first-order chi connectivity index (χ1) is 14.4. The summed E-state index contributed by atoms with van der Waals surface area (Å²) in [5.74, 6) is -0.667. The SMILES string of the molecule is CCN(CC)S(=O)(=O)c1ccc(SC(C)C(=O)Nc2ccc(Cl)cc2C(F)(F)F)nc1. The second kappa shape index (κ2) is 10.2. The van der Waals surface area contributed by atoms with Crippen molar-refractivity contribution in [3.8, 4) is 0 Å². The van der Waals surface area contributed by atoms with E-state index in [4.69, 9.17) is 11.6 Å². The number of pyridine rings is 1. The Bertz CT molecular complexity index is 1030. The highest BCUT2D eigenvalue weighted by Crippen LogP contribution is 2.37. The number of aromatic nitrogens is 1. The lowest BCUT2D eigenvalue weighted by atomic mass is 10.1. The second-order valence-corrected chi connectivity index (χ2v) is 10.1. The third kappa shape index (κ3) is 6.34. The van der Waals surface area contributed by atoms with Crippen molar-refractivity contribution in [1.82, 2.24) is 9.29 Å². The van der Waals surface area contributed by atoms with E-state index in [0.29, 0.717) is 18.1 Å². The predicted molar refractivity (Wildman–Crippen MR) is 115 cm³/mol. The van der Waals surface area contributed by atoms with Gasteiger partial charge < -0.3 is 5.32 Å². The molecule has 0 radical (unpaired) electrons. The molecule has 0 aliphatic carbocycles. The first-order valence-corrected chi connectivity index (χ1v) is 11.9. The lowest BCUT2D eigenvalue weighted by Crippen LogP contribution is -2.30. The van der Waals surface area contributed by atoms with Crippen LogP contribution < -0.4 is 5.32 Å². The Hall–Kier alpha value is -1.82. The monoisotopic (exact) mass is 495 g/mol. The van der Waals surface area contributed by atoms with Crippen LogP contribution in [0, 0.1) is 0 Å². The van der Waals surface area contributed by atoms with Gasteiger partial charge >= 0.3 is 6.18 Å². The van der Waals surface area contributed by atoms with Gasteiger partial charge in [0.15, 0.2) is 0 Å². The molecule has 0 aliphatic heterocycles. The molecule has 6 nitrogen and oxygen atoms in total. The second-order valence-electron chi connectivity index (χ2n) is 6.36. The van der Waals surface area contributed by atoms with Gasteiger partial charge in [-0.05, 0) is 37.3 Å². The zero-order valence-electron chi connectivity index (χ0n) is 16.9. The van der Waals surface area contributed by atoms with E-state index < -0.39 is 38.6 Å². The number of carbonyl (C=O) groups excluding carboxylic acids is 1. The standard InChI is InChI=1S/C19H21ClF3N3O3S2/c1-4-26(5-2)31(28,29)14-7-9-17(24-11-14)30-12(3)18(27)25-16-8-6-13(20)10-15(16)19(21,22)23/h6-12H,4-5H2,1-3H3,(H,25,27). The molecule has 12 heteroatoms. The van der Waals surface area contributed by atoms with Gasteiger partial charge in [0.05, 0.1) is 21.5 Å². The Kier molecular flexibility index (Phi) is 8.37. The summed E-state index contributed by atoms with van der Waals surface area (Å²) >= 11 is 6.63. The van der Waals surface area contributed by atoms with Crippen molar-refractivity contribution in [3.05, 3.63) is 47.1 Å². The van der Waals surface area contributed by atoms with E-state index in [2.05, 4.69) is 10.3 Å². The number of nitrogens with zero attached hydrogens (tertiary/aromatic N) is 2. The van der Waals surface area contributed by atoms with Crippen molar-refractivity contribution < 1.29 is 26.4 Å². The average molecular weight is 496 g/mol. The number of benzene rings is 1. The van der Waals surface area contributed by atoms with E-state index in [1.54, 1.807) is 13.8 Å². The van der Waals surface area contributed by atoms with Gasteiger partial charge in [0.25, 0.3) is 0 Å². The van der Waals surface area contributed by atoms with Crippen molar-refractivity contribution in [2.45, 2.75) is 42.1 Å². The van der Waals surface area contributed by atoms with Crippen molar-refractivity contribution in [1.29, 1.82) is 0 Å². The Morgan fingerprint density at radius 3 is 2.39 bits per heavy atom. The number of hydrogen-bond acceptors (Lipinski definition) is 5. The number of carbonyl (C=O) groups is 1. The molecule has 0 aliphatic rings. The molecule has 0 saturated carbocycles. The van der Waals surface area contributed by atoms with E-state index >= 15 is 0 Å². The molecular weight excluding hydrogens is 475 g/mol. The van der Waals surface area contributed by atoms with Gasteiger partial charge in [-0.25, -0.2) is 13.4 Å². The Morgan fingerprint density at radius 1 is 1.23 bits per heavy atom. The third-order valence-corrected chi connectivity index (χ3v) is 7.58. The maximum atomic E-state index is 13.2. The van der Waals surface area contributed by atoms with Crippen LogP contribution in [0.4, 0.5) is 18.9 Å². The number of amides is 1. The van der Waals surface area contributed by atoms with Crippen LogP contribution in [0.3, 0.4) is 0 Å². The van der Waals surface area contributed by atoms with Crippen LogP contribution in [0.1, 0.15) is 26.3 Å². The van der Waals surface area contributed by atoms with Gasteiger partial charge in [0.2, 0.25) is 15.9 Å². The summed E-state index contributed by atoms with van der Waals surface area (Å²) in [7, 11) is -3.66. The molecule has 1 unspecified atom stereocenters. The Balaban J connectivity index is 2.13. The van der Waals surface area contributed by atoms with Crippen molar-refractivity contribution in [2.75, 3.05) is 18.4 Å². The first-order valence-electron chi connectivity index (χ1n) is 9.20. The molecule has 2 rings (SSSR count). The van der Waals surface area contributed by atoms with E-state index in [1.165, 1.54) is 35.6 Å². The molecule has 1 atom stereocenters. The maximum absolute atomic E-state index is 13.2. The highest BCUT2D eigenvalue weighted by molar-refractivity contribution is 8.00. The van der Waals surface area contributed by atoms with Crippen LogP contribution in [0.2, 0.25) is 5.02 Å². The summed E-state index contributed by atoms with van der Waals surface area (Å²) in [5, 5.41) is 1.72. The molecule has 0 spiro atoms. The smallest absolute Gasteiger partial charge is 0.325 e. The molecule has 2 aromatic rings. The van der Waals surface area contributed by atoms with Crippen molar-refractivity contribution >= 4 is 45.0 Å². The number of alkyl halides is 3. The van der Waals surface area contributed by atoms with E-state index in [1.807, 2.05) is 0 Å². The van der Waals surface area contributed by atoms with Crippen LogP contribution in [0.15, 0.2) is 46.5 Å². The summed E-state index contributed by atoms with van der Waals surface area (Å²) in [4.78, 5) is 16.5. The fourth-order valence-corrected chi connectivity index (χ4v) is 5.00. The lowest BCUT2D eigenvalue weighted by Gasteiger charge is -2.18. The number of thioether (sulfide) groups is 1. The average Bonchev–Trinajstić information content (AvgIpc) is 2.69. The normalized spacial score (nSPS) is 13.3. The molecule has 170 valence electrons. The zero-order valence-corrected chi connectivity index (χ0v) is 19.3. The largest absolute Gasteiger partial charge is 0.418 e. The number of nitrogens with one attached hydrogen (secondary N) is 1. The fourth-order valence-electron chi connectivity index (χ4n) is 2.63. The lowest BCUT2D eigenvalue weighted by molar-refractivity contribution is -0.137. The summed E-state index contributed by atoms with van der Waals surface area (Å²) in [6.45, 7) is 5.59. The maximum Gasteiger partial charge on any atom is 0.418 e. The van der Waals surface area contributed by atoms with Crippen molar-refractivity contribution in [2.24, 2.45) is 0 Å². The summed E-state index contributed by atoms with van der Waals surface area (Å²) < 4.78 is 65.8. The molecule has 1 aromatic carbocycles. The predicted octanol–water partition coefficient (Wildman–Crippen LogP) is 4.90. The minimum Gasteiger partial charge on any atom is -0.325 e. The molecular formula is C19H21ClF3N3O3S2. The molecule has 1 aromatic heterocycles. The van der Waals surface area contributed by atoms with Crippen LogP contribution in [-0.4, -0.2) is 42.0 Å². The van der Waals surface area contributed by atoms with Gasteiger partial charge in [-0.1, -0.05) is 37.2 Å². The van der Waals surface area contributed by atoms with Gasteiger partial charge in [-0.15, -0.1) is 0 Å². The highest BCUT2D eigenvalue weighted by Gasteiger charge is 2.34. The minimum atomic E-state index is -4.68. The number of rotatable bonds is 8. The van der Waals surface area contributed by atoms with Crippen LogP contribution in [-0.2, 0) is 21.0 Å². The summed E-state index contributed by atoms with van der Waals surface area (Å²) in [5.41, 5.74) is -1.45. The van der Waals surface area contributed by atoms with Crippen molar-refractivity contribution in [3.63, 3.8) is 0 Å². The number of sulfonamides is 1. The topological polar surface area (TPSA) is 79.4 Å². The van der Waals surface area contributed by atoms with Crippen LogP contribution in [0.25, 0.3) is 0 Å². The van der Waals surface area contributed by atoms with E-state index in [-0.39, 0.29) is 9.92 Å². The molecule has 1 amide bonds. The third-order valence-electron chi connectivity index (χ3n) is 4.26. The molecule has 0 bridgehead atoms. The van der Waals surface area contributed by atoms with Crippen LogP contribution >= 0.6 is 23.4 Å². The summed E-state index contributed by atoms with van der Waals surface area (Å²) in [6, 6.07) is 5.92. The Labute approximate surface area is 188 Å². The van der Waals surface area contributed by atoms with E-state index in [9.17, 15) is 26.4 Å². The first kappa shape index (κ1) is 25.4. The van der Waals surface area contributed by atoms with E-state index in [0.717, 1.165) is 23.9 Å². The summed E-state index contributed by atoms with van der Waals surface area (Å²) in [6.07, 6.45) is -3.49. The number of hydrogen-bond donors (Lipinski definition) is 1. The molecule has 0 fully saturated rings. The fraction of sp³-hybridized carbons (Fsp3) is 0.368. The van der Waals surface area contributed by atoms with Gasteiger partial charge in [-0.2, -0.15) is 17.5 Å². The zero-order chi connectivity index (χ0) is 23.4. The quantitative estimate of drug-likeness (QED) is 0.527. The van der Waals surface area contributed by atoms with Gasteiger partial charge in [0.1, 0.15) is 4.90 Å². The molecule has 0 saturated heterocycles. The van der Waals surface area contributed by atoms with Crippen LogP contribution in [0.5, 0.6) is 0 Å². The molecule has 1 heterocycles. The molecule has 1 N–H and O–H groups in total. The van der Waals surface area contributed by atoms with Gasteiger partial charge in [-0.3, -0.25) is 4.79 Å². The molecule has 31 heavy (non-hydrogen) atoms. The minimum absolute atomic E-state index is 0.0219. The Morgan fingerprint density at radius 2 is 1.87 bits per heavy atom. The van der Waals surface area contributed by atoms with Gasteiger partial charge in [0, 0.05) is 24.3 Å². The number of anilines is 1.